The Bertz CT molecular complexity index is 308. The second kappa shape index (κ2) is 21.9. The fraction of sp³-hybridized carbons (Fsp3) is 0.913. The van der Waals surface area contributed by atoms with Crippen molar-refractivity contribution in [2.24, 2.45) is 0 Å². The maximum Gasteiger partial charge on any atom is 0.175 e. The van der Waals surface area contributed by atoms with Crippen molar-refractivity contribution in [3.63, 3.8) is 0 Å². The molecule has 27 heavy (non-hydrogen) atoms. The number of rotatable bonds is 21. The Kier molecular flexibility index (Phi) is 21.5. The van der Waals surface area contributed by atoms with Crippen LogP contribution in [0.15, 0.2) is 12.2 Å². The summed E-state index contributed by atoms with van der Waals surface area (Å²) in [5.74, 6) is 0. The standard InChI is InChI=1S/C23H47NO3/c1-3-4-5-6-7-8-9-10-11-12-13-14-15-16-17-18-19-20-24-22(2)27-21-23(25)26/h10-11,22-26H,3-9,12-21H2,1-2H3. The van der Waals surface area contributed by atoms with E-state index in [1.807, 2.05) is 6.92 Å². The van der Waals surface area contributed by atoms with Crippen LogP contribution in [0, 0.1) is 0 Å². The van der Waals surface area contributed by atoms with Crippen LogP contribution in [0.4, 0.5) is 0 Å². The molecule has 3 N–H and O–H groups in total. The number of unbranched alkanes of at least 4 members (excludes halogenated alkanes) is 13. The van der Waals surface area contributed by atoms with E-state index in [0.717, 1.165) is 13.0 Å². The van der Waals surface area contributed by atoms with Crippen molar-refractivity contribution >= 4 is 0 Å². The fourth-order valence-corrected chi connectivity index (χ4v) is 3.14. The Morgan fingerprint density at radius 1 is 0.741 bits per heavy atom. The number of hydrogen-bond acceptors (Lipinski definition) is 4. The molecule has 0 rings (SSSR count). The molecule has 4 heteroatoms. The molecule has 0 amide bonds. The Morgan fingerprint density at radius 3 is 1.74 bits per heavy atom. The monoisotopic (exact) mass is 385 g/mol. The van der Waals surface area contributed by atoms with E-state index in [4.69, 9.17) is 14.9 Å². The highest BCUT2D eigenvalue weighted by molar-refractivity contribution is 4.81. The third-order valence-corrected chi connectivity index (χ3v) is 4.87. The average molecular weight is 386 g/mol. The van der Waals surface area contributed by atoms with Gasteiger partial charge < -0.3 is 14.9 Å². The van der Waals surface area contributed by atoms with Gasteiger partial charge in [0.25, 0.3) is 0 Å². The highest BCUT2D eigenvalue weighted by Crippen LogP contribution is 2.10. The molecule has 0 aliphatic heterocycles. The van der Waals surface area contributed by atoms with Crippen LogP contribution in [-0.2, 0) is 4.74 Å². The molecule has 0 aromatic heterocycles. The molecule has 0 radical (unpaired) electrons. The molecule has 0 heterocycles. The Morgan fingerprint density at radius 2 is 1.22 bits per heavy atom. The van der Waals surface area contributed by atoms with Crippen LogP contribution in [0.1, 0.15) is 110 Å². The summed E-state index contributed by atoms with van der Waals surface area (Å²) in [5.41, 5.74) is 0. The van der Waals surface area contributed by atoms with Crippen LogP contribution in [0.5, 0.6) is 0 Å². The molecule has 0 bridgehead atoms. The van der Waals surface area contributed by atoms with Crippen LogP contribution in [0.3, 0.4) is 0 Å². The second-order valence-corrected chi connectivity index (χ2v) is 7.70. The minimum atomic E-state index is -1.38. The first-order valence-electron chi connectivity index (χ1n) is 11.5. The lowest BCUT2D eigenvalue weighted by molar-refractivity contribution is -0.114. The highest BCUT2D eigenvalue weighted by Gasteiger charge is 2.03. The first-order valence-corrected chi connectivity index (χ1v) is 11.5. The fourth-order valence-electron chi connectivity index (χ4n) is 3.14. The van der Waals surface area contributed by atoms with E-state index in [-0.39, 0.29) is 12.8 Å². The minimum Gasteiger partial charge on any atom is -0.366 e. The molecule has 0 fully saturated rings. The average Bonchev–Trinajstić information content (AvgIpc) is 2.65. The number of ether oxygens (including phenoxy) is 1. The number of hydrogen-bond donors (Lipinski definition) is 3. The summed E-state index contributed by atoms with van der Waals surface area (Å²) in [4.78, 5) is 0. The number of aliphatic hydroxyl groups is 2. The van der Waals surface area contributed by atoms with Gasteiger partial charge >= 0.3 is 0 Å². The predicted molar refractivity (Wildman–Crippen MR) is 116 cm³/mol. The molecule has 0 saturated carbocycles. The smallest absolute Gasteiger partial charge is 0.175 e. The second-order valence-electron chi connectivity index (χ2n) is 7.70. The van der Waals surface area contributed by atoms with Crippen LogP contribution < -0.4 is 5.32 Å². The molecular formula is C23H47NO3. The van der Waals surface area contributed by atoms with Crippen molar-refractivity contribution < 1.29 is 14.9 Å². The lowest BCUT2D eigenvalue weighted by Crippen LogP contribution is -2.32. The van der Waals surface area contributed by atoms with Crippen LogP contribution in [0.2, 0.25) is 0 Å². The molecule has 0 aliphatic rings. The largest absolute Gasteiger partial charge is 0.366 e. The van der Waals surface area contributed by atoms with E-state index in [1.165, 1.54) is 89.9 Å². The minimum absolute atomic E-state index is 0.0393. The molecule has 0 spiro atoms. The lowest BCUT2D eigenvalue weighted by atomic mass is 10.1. The van der Waals surface area contributed by atoms with E-state index >= 15 is 0 Å². The van der Waals surface area contributed by atoms with Crippen molar-refractivity contribution in [2.45, 2.75) is 123 Å². The number of aliphatic hydroxyl groups excluding tert-OH is 1. The molecule has 0 aromatic carbocycles. The number of allylic oxidation sites excluding steroid dienone is 2. The van der Waals surface area contributed by atoms with Gasteiger partial charge in [0.15, 0.2) is 6.29 Å². The van der Waals surface area contributed by atoms with Gasteiger partial charge in [-0.1, -0.05) is 83.3 Å². The van der Waals surface area contributed by atoms with E-state index in [9.17, 15) is 0 Å². The van der Waals surface area contributed by atoms with Gasteiger partial charge in [0, 0.05) is 0 Å². The molecule has 0 aromatic rings. The predicted octanol–water partition coefficient (Wildman–Crippen LogP) is 5.68. The number of nitrogens with one attached hydrogen (secondary N) is 1. The van der Waals surface area contributed by atoms with E-state index in [0.29, 0.717) is 0 Å². The van der Waals surface area contributed by atoms with Crippen molar-refractivity contribution in [2.75, 3.05) is 13.2 Å². The van der Waals surface area contributed by atoms with Gasteiger partial charge in [-0.15, -0.1) is 0 Å². The van der Waals surface area contributed by atoms with Gasteiger partial charge in [0.05, 0.1) is 6.61 Å². The molecule has 0 aliphatic carbocycles. The Balaban J connectivity index is 3.15. The zero-order valence-corrected chi connectivity index (χ0v) is 18.1. The van der Waals surface area contributed by atoms with Crippen LogP contribution >= 0.6 is 0 Å². The topological polar surface area (TPSA) is 61.7 Å². The maximum absolute atomic E-state index is 8.73. The molecule has 1 atom stereocenters. The van der Waals surface area contributed by atoms with Crippen LogP contribution in [-0.4, -0.2) is 35.9 Å². The molecule has 162 valence electrons. The normalized spacial score (nSPS) is 13.1. The quantitative estimate of drug-likeness (QED) is 0.135. The van der Waals surface area contributed by atoms with Gasteiger partial charge in [-0.05, 0) is 45.6 Å². The van der Waals surface area contributed by atoms with Gasteiger partial charge in [0.2, 0.25) is 0 Å². The molecular weight excluding hydrogens is 338 g/mol. The summed E-state index contributed by atoms with van der Waals surface area (Å²) in [6.45, 7) is 5.05. The zero-order valence-electron chi connectivity index (χ0n) is 18.1. The molecule has 1 unspecified atom stereocenters. The summed E-state index contributed by atoms with van der Waals surface area (Å²) >= 11 is 0. The summed E-state index contributed by atoms with van der Waals surface area (Å²) in [7, 11) is 0. The van der Waals surface area contributed by atoms with Gasteiger partial charge in [-0.25, -0.2) is 0 Å². The third kappa shape index (κ3) is 23.5. The van der Waals surface area contributed by atoms with Crippen LogP contribution in [0.25, 0.3) is 0 Å². The third-order valence-electron chi connectivity index (χ3n) is 4.87. The summed E-state index contributed by atoms with van der Waals surface area (Å²) in [6.07, 6.45) is 23.2. The highest BCUT2D eigenvalue weighted by atomic mass is 16.6. The van der Waals surface area contributed by atoms with Crippen molar-refractivity contribution in [3.05, 3.63) is 12.2 Å². The molecule has 0 saturated heterocycles. The van der Waals surface area contributed by atoms with Crippen molar-refractivity contribution in [1.82, 2.24) is 5.32 Å². The van der Waals surface area contributed by atoms with Crippen molar-refractivity contribution in [1.29, 1.82) is 0 Å². The van der Waals surface area contributed by atoms with Gasteiger partial charge in [0.1, 0.15) is 6.23 Å². The Labute approximate surface area is 168 Å². The lowest BCUT2D eigenvalue weighted by Gasteiger charge is -2.15. The Hall–Kier alpha value is -0.420. The van der Waals surface area contributed by atoms with E-state index in [2.05, 4.69) is 24.4 Å². The summed E-state index contributed by atoms with van der Waals surface area (Å²) in [5, 5.41) is 20.7. The summed E-state index contributed by atoms with van der Waals surface area (Å²) in [6, 6.07) is 0. The van der Waals surface area contributed by atoms with Crippen molar-refractivity contribution in [3.8, 4) is 0 Å². The first kappa shape index (κ1) is 26.6. The van der Waals surface area contributed by atoms with Gasteiger partial charge in [-0.2, -0.15) is 0 Å². The van der Waals surface area contributed by atoms with E-state index in [1.54, 1.807) is 0 Å². The first-order chi connectivity index (χ1) is 13.2. The zero-order chi connectivity index (χ0) is 20.0. The SMILES string of the molecule is CCCCCCCCC=CCCCCCCCCCNC(C)OCC(O)O. The summed E-state index contributed by atoms with van der Waals surface area (Å²) < 4.78 is 5.22. The van der Waals surface area contributed by atoms with E-state index < -0.39 is 6.29 Å². The van der Waals surface area contributed by atoms with Gasteiger partial charge in [-0.3, -0.25) is 5.32 Å². The maximum atomic E-state index is 8.73. The molecule has 4 nitrogen and oxygen atoms in total.